The summed E-state index contributed by atoms with van der Waals surface area (Å²) in [6.45, 7) is 0.114. The second-order valence-electron chi connectivity index (χ2n) is 12.4. The van der Waals surface area contributed by atoms with Crippen molar-refractivity contribution in [3.63, 3.8) is 0 Å². The Balaban J connectivity index is 1.39. The van der Waals surface area contributed by atoms with Crippen LogP contribution in [0.2, 0.25) is 0 Å². The molecule has 3 aromatic rings. The van der Waals surface area contributed by atoms with Crippen LogP contribution in [0.25, 0.3) is 11.1 Å². The summed E-state index contributed by atoms with van der Waals surface area (Å²) in [7, 11) is 6.80. The zero-order valence-electron chi connectivity index (χ0n) is 26.1. The fourth-order valence-electron chi connectivity index (χ4n) is 7.03. The topological polar surface area (TPSA) is 197 Å². The molecule has 0 radical (unpaired) electrons. The number of fused-ring (bicyclic) bond motifs is 5. The van der Waals surface area contributed by atoms with Gasteiger partial charge in [0, 0.05) is 31.3 Å². The number of amides is 1. The van der Waals surface area contributed by atoms with Crippen LogP contribution in [0.4, 0.5) is 5.69 Å². The highest BCUT2D eigenvalue weighted by Gasteiger charge is 2.63. The number of thioether (sulfide) groups is 1. The first-order valence-electron chi connectivity index (χ1n) is 14.9. The number of anilines is 1. The lowest BCUT2D eigenvalue weighted by Gasteiger charge is -2.50. The lowest BCUT2D eigenvalue weighted by Crippen LogP contribution is -2.63. The highest BCUT2D eigenvalue weighted by molar-refractivity contribution is 7.99. The number of ether oxygens (including phenoxy) is 1. The fraction of sp³-hybridized carbons (Fsp3) is 0.364. The van der Waals surface area contributed by atoms with Gasteiger partial charge in [0.1, 0.15) is 35.0 Å². The maximum absolute atomic E-state index is 14.4. The van der Waals surface area contributed by atoms with Crippen molar-refractivity contribution in [2.24, 2.45) is 17.6 Å². The Bertz CT molecular complexity index is 1900. The summed E-state index contributed by atoms with van der Waals surface area (Å²) in [5.74, 6) is -7.00. The Morgan fingerprint density at radius 2 is 1.85 bits per heavy atom. The van der Waals surface area contributed by atoms with E-state index in [-0.39, 0.29) is 47.1 Å². The number of oxazole rings is 1. The molecule has 1 unspecified atom stereocenters. The number of hydrogen-bond donors (Lipinski definition) is 4. The molecule has 14 heteroatoms. The molecule has 3 aliphatic rings. The van der Waals surface area contributed by atoms with Gasteiger partial charge in [-0.1, -0.05) is 42.1 Å². The summed E-state index contributed by atoms with van der Waals surface area (Å²) in [6.07, 6.45) is 0.256. The average Bonchev–Trinajstić information content (AvgIpc) is 3.43. The number of aliphatic hydroxyl groups excluding tert-OH is 2. The lowest BCUT2D eigenvalue weighted by atomic mass is 9.58. The smallest absolute Gasteiger partial charge is 0.316 e. The summed E-state index contributed by atoms with van der Waals surface area (Å²) >= 11 is 0.999. The molecule has 0 bridgehead atoms. The fourth-order valence-corrected chi connectivity index (χ4v) is 7.66. The van der Waals surface area contributed by atoms with Crippen molar-refractivity contribution >= 4 is 52.0 Å². The standard InChI is InChI=1S/C33H34N4O9S/c1-36(2)20-12-19-28(46-32(35-19)47-14-21(38)45-13-15-8-6-5-7-9-15)23-17(20)10-16-11-18-25(37(3)4)27(40)24(31(34)43)30(42)33(18,44)29(41)22(16)26(23)39/h5-9,12,16,18,25,40-41,44H,10-11,13-14H2,1-4H3,(H2,34,43)/t16?,18-,25-,33-/m0/s1. The number of Topliss-reactive ketones (excluding diaryl/α,β-unsaturated/α-hetero) is 2. The number of nitrogens with two attached hydrogens (primary N) is 1. The molecule has 5 N–H and O–H groups in total. The maximum Gasteiger partial charge on any atom is 0.316 e. The van der Waals surface area contributed by atoms with E-state index >= 15 is 0 Å². The molecule has 246 valence electrons. The van der Waals surface area contributed by atoms with Crippen molar-refractivity contribution in [3.8, 4) is 0 Å². The number of primary amides is 1. The molecule has 13 nitrogen and oxygen atoms in total. The van der Waals surface area contributed by atoms with Crippen LogP contribution in [0.3, 0.4) is 0 Å². The molecule has 0 saturated carbocycles. The van der Waals surface area contributed by atoms with Gasteiger partial charge in [0.15, 0.2) is 17.0 Å². The van der Waals surface area contributed by atoms with E-state index in [9.17, 15) is 34.5 Å². The molecule has 1 amide bonds. The first-order chi connectivity index (χ1) is 22.2. The van der Waals surface area contributed by atoms with Crippen LogP contribution in [0, 0.1) is 11.8 Å². The van der Waals surface area contributed by atoms with Crippen LogP contribution in [-0.4, -0.2) is 94.2 Å². The van der Waals surface area contributed by atoms with Gasteiger partial charge in [0.2, 0.25) is 5.78 Å². The van der Waals surface area contributed by atoms with Gasteiger partial charge >= 0.3 is 5.97 Å². The maximum atomic E-state index is 14.4. The van der Waals surface area contributed by atoms with E-state index in [1.54, 1.807) is 20.2 Å². The van der Waals surface area contributed by atoms with Crippen molar-refractivity contribution in [2.75, 3.05) is 38.8 Å². The Morgan fingerprint density at radius 1 is 1.15 bits per heavy atom. The third kappa shape index (κ3) is 5.16. The number of aromatic nitrogens is 1. The van der Waals surface area contributed by atoms with Crippen LogP contribution in [0.1, 0.15) is 27.9 Å². The number of rotatable bonds is 8. The molecule has 4 atom stereocenters. The largest absolute Gasteiger partial charge is 0.510 e. The molecule has 6 rings (SSSR count). The van der Waals surface area contributed by atoms with Crippen LogP contribution >= 0.6 is 11.8 Å². The Morgan fingerprint density at radius 3 is 2.49 bits per heavy atom. The van der Waals surface area contributed by atoms with Gasteiger partial charge in [0.25, 0.3) is 11.1 Å². The van der Waals surface area contributed by atoms with Crippen LogP contribution < -0.4 is 10.6 Å². The minimum atomic E-state index is -2.69. The first kappa shape index (κ1) is 32.3. The molecule has 1 aromatic heterocycles. The molecular formula is C33H34N4O9S. The SMILES string of the molecule is CN(C)c1cc2nc(SCC(=O)OCc3ccccc3)oc2c2c1CC1C[C@H]3[C@H](N(C)C)C(O)=C(C(N)=O)C(=O)[C@@]3(O)C(O)=C1C2=O. The molecule has 0 aliphatic heterocycles. The van der Waals surface area contributed by atoms with E-state index in [0.29, 0.717) is 16.8 Å². The summed E-state index contributed by atoms with van der Waals surface area (Å²) in [5, 5.41) is 34.6. The van der Waals surface area contributed by atoms with Crippen molar-refractivity contribution in [2.45, 2.75) is 36.3 Å². The predicted molar refractivity (Wildman–Crippen MR) is 171 cm³/mol. The molecule has 47 heavy (non-hydrogen) atoms. The number of aliphatic hydroxyl groups is 3. The van der Waals surface area contributed by atoms with E-state index in [1.807, 2.05) is 49.3 Å². The van der Waals surface area contributed by atoms with Crippen molar-refractivity contribution < 1.29 is 43.7 Å². The van der Waals surface area contributed by atoms with Gasteiger partial charge in [-0.05, 0) is 50.0 Å². The Kier molecular flexibility index (Phi) is 8.14. The van der Waals surface area contributed by atoms with Gasteiger partial charge < -0.3 is 35.1 Å². The number of allylic oxidation sites excluding steroid dienone is 1. The summed E-state index contributed by atoms with van der Waals surface area (Å²) in [4.78, 5) is 60.5. The normalized spacial score (nSPS) is 23.9. The van der Waals surface area contributed by atoms with E-state index in [4.69, 9.17) is 14.9 Å². The second kappa shape index (κ2) is 11.9. The molecule has 1 heterocycles. The van der Waals surface area contributed by atoms with E-state index < -0.39 is 64.0 Å². The second-order valence-corrected chi connectivity index (χ2v) is 13.3. The third-order valence-corrected chi connectivity index (χ3v) is 9.90. The van der Waals surface area contributed by atoms with Gasteiger partial charge in [0.05, 0.1) is 11.6 Å². The summed E-state index contributed by atoms with van der Waals surface area (Å²) < 4.78 is 11.4. The highest BCUT2D eigenvalue weighted by atomic mass is 32.2. The van der Waals surface area contributed by atoms with Gasteiger partial charge in [-0.2, -0.15) is 0 Å². The zero-order chi connectivity index (χ0) is 33.9. The Labute approximate surface area is 273 Å². The van der Waals surface area contributed by atoms with Gasteiger partial charge in [-0.25, -0.2) is 4.98 Å². The van der Waals surface area contributed by atoms with E-state index in [2.05, 4.69) is 4.98 Å². The third-order valence-electron chi connectivity index (χ3n) is 9.10. The Hall–Kier alpha value is -4.66. The number of ketones is 2. The average molecular weight is 663 g/mol. The number of carbonyl (C=O) groups is 4. The number of benzene rings is 2. The number of nitrogens with zero attached hydrogens (tertiary/aromatic N) is 3. The number of carbonyl (C=O) groups excluding carboxylic acids is 4. The lowest BCUT2D eigenvalue weighted by molar-refractivity contribution is -0.148. The predicted octanol–water partition coefficient (Wildman–Crippen LogP) is 2.46. The minimum Gasteiger partial charge on any atom is -0.510 e. The molecular weight excluding hydrogens is 628 g/mol. The number of likely N-dealkylation sites (N-methyl/N-ethyl adjacent to an activating group) is 1. The summed E-state index contributed by atoms with van der Waals surface area (Å²) in [5.41, 5.74) is 4.44. The minimum absolute atomic E-state index is 0.0271. The monoisotopic (exact) mass is 662 g/mol. The molecule has 0 spiro atoms. The summed E-state index contributed by atoms with van der Waals surface area (Å²) in [6, 6.07) is 9.96. The van der Waals surface area contributed by atoms with Crippen molar-refractivity contribution in [1.82, 2.24) is 9.88 Å². The van der Waals surface area contributed by atoms with Gasteiger partial charge in [-0.15, -0.1) is 0 Å². The van der Waals surface area contributed by atoms with Crippen LogP contribution in [0.15, 0.2) is 68.7 Å². The van der Waals surface area contributed by atoms with E-state index in [0.717, 1.165) is 17.3 Å². The molecule has 0 fully saturated rings. The van der Waals surface area contributed by atoms with Gasteiger partial charge in [-0.3, -0.25) is 24.1 Å². The van der Waals surface area contributed by atoms with Crippen molar-refractivity contribution in [1.29, 1.82) is 0 Å². The number of hydrogen-bond acceptors (Lipinski definition) is 13. The quantitative estimate of drug-likeness (QED) is 0.156. The highest BCUT2D eigenvalue weighted by Crippen LogP contribution is 2.53. The molecule has 0 saturated heterocycles. The zero-order valence-corrected chi connectivity index (χ0v) is 27.0. The first-order valence-corrected chi connectivity index (χ1v) is 15.8. The van der Waals surface area contributed by atoms with Crippen molar-refractivity contribution in [3.05, 3.63) is 75.8 Å². The van der Waals surface area contributed by atoms with Crippen LogP contribution in [-0.2, 0) is 32.1 Å². The molecule has 3 aliphatic carbocycles. The number of esters is 1. The van der Waals surface area contributed by atoms with Crippen LogP contribution in [0.5, 0.6) is 0 Å². The van der Waals surface area contributed by atoms with E-state index in [1.165, 1.54) is 4.90 Å². The molecule has 2 aromatic carbocycles.